The van der Waals surface area contributed by atoms with Gasteiger partial charge in [0.1, 0.15) is 0 Å². The molecule has 32 nitrogen and oxygen atoms in total. The number of nitrogens with one attached hydrogen (secondary N) is 2. The molecule has 0 unspecified atom stereocenters. The van der Waals surface area contributed by atoms with E-state index >= 15 is 0 Å². The zero-order valence-corrected chi connectivity index (χ0v) is 67.5. The Labute approximate surface area is 652 Å². The maximum atomic E-state index is 11.7. The van der Waals surface area contributed by atoms with Crippen molar-refractivity contribution >= 4 is 64.9 Å². The van der Waals surface area contributed by atoms with Crippen LogP contribution in [0.2, 0.25) is 24.2 Å². The van der Waals surface area contributed by atoms with E-state index in [1.165, 1.54) is 21.3 Å². The summed E-state index contributed by atoms with van der Waals surface area (Å²) in [6, 6.07) is 0.682. The third kappa shape index (κ3) is 130. The van der Waals surface area contributed by atoms with E-state index in [0.29, 0.717) is 111 Å². The number of esters is 3. The first-order valence-corrected chi connectivity index (χ1v) is 31.7. The minimum Gasteiger partial charge on any atom is -0.469 e. The first-order valence-electron chi connectivity index (χ1n) is 23.6. The number of carbonyl (C=O) groups excluding carboxylic acids is 5. The Kier molecular flexibility index (Phi) is 178. The molecule has 48 heteroatoms. The van der Waals surface area contributed by atoms with Crippen molar-refractivity contribution in [3.05, 3.63) is 12.7 Å². The minimum atomic E-state index is -4.05. The van der Waals surface area contributed by atoms with Crippen LogP contribution < -0.4 is 39.3 Å². The fraction of sp³-hybridized carbons (Fsp3) is 0.825. The van der Waals surface area contributed by atoms with Gasteiger partial charge in [-0.3, -0.25) is 19.2 Å². The monoisotopic (exact) mass is 1860 g/mol. The molecule has 0 rings (SSSR count). The van der Waals surface area contributed by atoms with E-state index < -0.39 is 41.2 Å². The second-order valence-electron chi connectivity index (χ2n) is 15.2. The maximum absolute atomic E-state index is 11.7. The van der Waals surface area contributed by atoms with E-state index in [4.69, 9.17) is 85.1 Å². The molecule has 0 aromatic carbocycles. The number of nitrogens with two attached hydrogens (primary N) is 5. The van der Waals surface area contributed by atoms with Crippen LogP contribution >= 0.6 is 0 Å². The summed E-state index contributed by atoms with van der Waals surface area (Å²) in [5, 5.41) is 5.47. The van der Waals surface area contributed by atoms with Crippen molar-refractivity contribution in [1.82, 2.24) is 20.4 Å². The van der Waals surface area contributed by atoms with Crippen molar-refractivity contribution in [1.29, 1.82) is 0 Å². The van der Waals surface area contributed by atoms with Gasteiger partial charge in [-0.15, -0.1) is 0 Å². The molecule has 2 amide bonds. The Hall–Kier alpha value is 3.31. The smallest absolute Gasteiger partial charge is 0.469 e. The second-order valence-corrected chi connectivity index (χ2v) is 24.5. The van der Waals surface area contributed by atoms with Crippen molar-refractivity contribution in [2.75, 3.05) is 128 Å². The van der Waals surface area contributed by atoms with Crippen molar-refractivity contribution in [2.24, 2.45) is 28.7 Å². The van der Waals surface area contributed by atoms with Crippen LogP contribution in [0.3, 0.4) is 0 Å². The first-order chi connectivity index (χ1) is 34.1. The molecule has 0 bridgehead atoms. The number of hydrogen-bond acceptors (Lipinski definition) is 27. The van der Waals surface area contributed by atoms with Crippen LogP contribution in [-0.4, -0.2) is 262 Å². The van der Waals surface area contributed by atoms with Crippen LogP contribution in [0.1, 0.15) is 64.7 Å². The fourth-order valence-corrected chi connectivity index (χ4v) is 8.62. The molecular weight excluding hydrogens is 1760 g/mol. The molecule has 27 N–H and O–H groups in total. The summed E-state index contributed by atoms with van der Waals surface area (Å²) in [5.41, 5.74) is 25.5. The van der Waals surface area contributed by atoms with Crippen molar-refractivity contribution in [3.63, 3.8) is 0 Å². The molecule has 0 atom stereocenters. The molecule has 0 aliphatic rings. The third-order valence-corrected chi connectivity index (χ3v) is 14.8. The van der Waals surface area contributed by atoms with Gasteiger partial charge in [0.2, 0.25) is 11.8 Å². The van der Waals surface area contributed by atoms with Crippen molar-refractivity contribution in [3.8, 4) is 0 Å². The summed E-state index contributed by atoms with van der Waals surface area (Å²) < 4.78 is 28.7. The van der Waals surface area contributed by atoms with Crippen LogP contribution in [0.25, 0.3) is 0 Å². The number of carbonyl (C=O) groups is 5. The van der Waals surface area contributed by atoms with Crippen molar-refractivity contribution < 1.29 is 316 Å². The number of amides is 2. The molecule has 0 aromatic heterocycles. The minimum absolute atomic E-state index is 0. The van der Waals surface area contributed by atoms with E-state index in [2.05, 4.69) is 31.4 Å². The quantitative estimate of drug-likeness (QED) is 0.0121. The predicted octanol–water partition coefficient (Wildman–Crippen LogP) is -8.09. The second kappa shape index (κ2) is 104. The van der Waals surface area contributed by atoms with Crippen LogP contribution in [0.4, 0.5) is 0 Å². The normalized spacial score (nSPS) is 9.17. The van der Waals surface area contributed by atoms with E-state index in [1.807, 2.05) is 16.7 Å². The number of ether oxygens (including phenoxy) is 3. The molecule has 0 heterocycles. The number of nitrogens with zero attached hydrogens (tertiary/aromatic N) is 2. The van der Waals surface area contributed by atoms with E-state index in [1.54, 1.807) is 21.3 Å². The average Bonchev–Trinajstić information content (AvgIpc) is 3.35. The fourth-order valence-electron chi connectivity index (χ4n) is 4.92. The van der Waals surface area contributed by atoms with E-state index in [-0.39, 0.29) is 282 Å². The van der Waals surface area contributed by atoms with Gasteiger partial charge >= 0.3 is 53.1 Å². The Morgan fingerprint density at radius 2 is 0.705 bits per heavy atom. The molecule has 0 spiro atoms. The van der Waals surface area contributed by atoms with Gasteiger partial charge in [-0.25, -0.2) is 4.79 Å². The summed E-state index contributed by atoms with van der Waals surface area (Å²) in [7, 11) is -5.44. The van der Waals surface area contributed by atoms with Gasteiger partial charge in [0.15, 0.2) is 0 Å². The Bertz CT molecular complexity index is 1340. The molecule has 0 saturated carbocycles. The molecular formula is C40H103Fe12N9O23Si4. The Balaban J connectivity index is -0.0000000336. The maximum Gasteiger partial charge on any atom is 0.500 e. The number of rotatable bonds is 35. The van der Waals surface area contributed by atoms with Crippen LogP contribution in [0.15, 0.2) is 12.7 Å². The van der Waals surface area contributed by atoms with Gasteiger partial charge in [0.05, 0.1) is 34.2 Å². The van der Waals surface area contributed by atoms with Crippen molar-refractivity contribution in [2.45, 2.75) is 88.9 Å². The molecule has 0 aromatic rings. The van der Waals surface area contributed by atoms with Gasteiger partial charge in [0, 0.05) is 328 Å². The zero-order chi connectivity index (χ0) is 57.8. The molecule has 0 saturated heterocycles. The van der Waals surface area contributed by atoms with Gasteiger partial charge in [0.25, 0.3) is 0 Å². The zero-order valence-electron chi connectivity index (χ0n) is 50.2. The summed E-state index contributed by atoms with van der Waals surface area (Å²) in [4.78, 5) is 138. The molecule has 0 fully saturated rings. The summed E-state index contributed by atoms with van der Waals surface area (Å²) >= 11 is 0. The van der Waals surface area contributed by atoms with E-state index in [0.717, 1.165) is 25.0 Å². The summed E-state index contributed by atoms with van der Waals surface area (Å²) in [6.07, 6.45) is 5.01. The van der Waals surface area contributed by atoms with Crippen LogP contribution in [-0.2, 0) is 256 Å². The Morgan fingerprint density at radius 3 is 0.909 bits per heavy atom. The average molecular weight is 1860 g/mol. The van der Waals surface area contributed by atoms with Gasteiger partial charge in [-0.2, -0.15) is 0 Å². The third-order valence-electron chi connectivity index (χ3n) is 8.91. The molecule has 0 aliphatic heterocycles. The Morgan fingerprint density at radius 1 is 0.420 bits per heavy atom. The molecule has 88 heavy (non-hydrogen) atoms. The largest absolute Gasteiger partial charge is 0.500 e. The molecule has 0 radical (unpaired) electrons. The summed E-state index contributed by atoms with van der Waals surface area (Å²) in [5.74, 6) is -1.28. The SMILES string of the molecule is C=CC(=O)OC.CCCNC(=O)CCN(CCC[Si](O)(O)O)CCC(=O)NCCN.COC(=O)CCN(CCC[Si](O)(O)O)CCC(=O)OC.CO[Si](CCCN)(OC)OC.NCCC[Si](O)(O)O.NCCN.O.O.O.[Fe].[Fe].[Fe].[Fe].[Fe].[Fe].[Fe].[Fe].[Fe].[Fe].[Fe].[Fe]. The number of methoxy groups -OCH3 is 3. The number of hydrogen-bond donors (Lipinski definition) is 16. The standard InChI is InChI=1S/C14H32N4O5Si.C11H23NO7Si.C6H17NO3Si.C4H6O2.C3H11NO3Si.C2H8N2.12Fe.3H2O/c1-2-7-16-13(19)4-10-18(9-3-12-24(21,22)23)11-5-14(20)17-8-6-15;1-18-10(13)4-7-12(8-5-11(14)19-2)6-3-9-20(15,16)17;1-8-11(9-2,10-3)6-4-5-7;1-3-4(5)6-2;4-2-1-3-8(5,6)7;3-1-2-4;;;;;;;;;;;;;;;/h21-23H,2-12,15H2,1H3,(H,16,19)(H,17,20);15-17H,3-9H2,1-2H3;4-7H2,1-3H3;3H,1H2,2H3;5-7H,1-4H2;1-4H2;;;;;;;;;;;;;3*1H2. The topological polar surface area (TPSA) is 578 Å². The van der Waals surface area contributed by atoms with E-state index in [9.17, 15) is 24.0 Å². The summed E-state index contributed by atoms with van der Waals surface area (Å²) in [6.45, 7) is 11.4. The first kappa shape index (κ1) is 151. The predicted molar refractivity (Wildman–Crippen MR) is 292 cm³/mol. The molecule has 558 valence electrons. The van der Waals surface area contributed by atoms with Gasteiger partial charge in [-0.1, -0.05) is 13.5 Å². The van der Waals surface area contributed by atoms with Gasteiger partial charge in [-0.05, 0) is 58.3 Å². The van der Waals surface area contributed by atoms with Gasteiger partial charge < -0.3 is 136 Å². The van der Waals surface area contributed by atoms with Crippen LogP contribution in [0.5, 0.6) is 0 Å². The van der Waals surface area contributed by atoms with Crippen LogP contribution in [0, 0.1) is 0 Å². The molecule has 0 aliphatic carbocycles.